The number of hydrogen-bond acceptors (Lipinski definition) is 1. The van der Waals surface area contributed by atoms with Crippen LogP contribution in [0.1, 0.15) is 0 Å². The van der Waals surface area contributed by atoms with Crippen molar-refractivity contribution in [3.05, 3.63) is 38.7 Å². The van der Waals surface area contributed by atoms with Gasteiger partial charge in [0.05, 0.1) is 6.33 Å². The maximum atomic E-state index is 7.50. The summed E-state index contributed by atoms with van der Waals surface area (Å²) in [5, 5.41) is 0. The molecule has 0 fully saturated rings. The van der Waals surface area contributed by atoms with Gasteiger partial charge in [-0.25, -0.2) is 4.98 Å². The maximum absolute atomic E-state index is 7.50. The van der Waals surface area contributed by atoms with Crippen molar-refractivity contribution in [2.75, 3.05) is 0 Å². The monoisotopic (exact) mass is 358 g/mol. The number of H-pyrrole nitrogens is 1. The molecule has 7 heteroatoms. The van der Waals surface area contributed by atoms with Gasteiger partial charge in [-0.3, -0.25) is 0 Å². The Labute approximate surface area is 88.9 Å². The van der Waals surface area contributed by atoms with Gasteiger partial charge < -0.3 is 10.5 Å². The van der Waals surface area contributed by atoms with Crippen LogP contribution < -0.4 is 0 Å². The van der Waals surface area contributed by atoms with Crippen molar-refractivity contribution in [1.29, 1.82) is 0 Å². The Kier molecular flexibility index (Phi) is 155. The third-order valence-corrected chi connectivity index (χ3v) is 0.406. The minimum absolute atomic E-state index is 0. The fourth-order valence-electron chi connectivity index (χ4n) is 0.215. The Balaban J connectivity index is -0.0000000239. The van der Waals surface area contributed by atoms with E-state index in [1.54, 1.807) is 18.7 Å². The number of aromatic nitrogens is 2. The standard InChI is InChI=1S/C3H4N2.3CO.H2O.Re/c1-2-5-3-4-1;3*1-2;;/h1-3H,(H,4,5);;;;1H2;/p+1. The van der Waals surface area contributed by atoms with Gasteiger partial charge in [0.15, 0.2) is 0 Å². The van der Waals surface area contributed by atoms with E-state index in [0.717, 1.165) is 0 Å². The van der Waals surface area contributed by atoms with Crippen molar-refractivity contribution in [2.24, 2.45) is 0 Å². The Morgan fingerprint density at radius 1 is 1.00 bits per heavy atom. The summed E-state index contributed by atoms with van der Waals surface area (Å²) in [6.07, 6.45) is 5.08. The van der Waals surface area contributed by atoms with Crippen molar-refractivity contribution in [1.82, 2.24) is 9.97 Å². The predicted molar refractivity (Wildman–Crippen MR) is 35.2 cm³/mol. The summed E-state index contributed by atoms with van der Waals surface area (Å²) < 4.78 is 22.5. The first-order chi connectivity index (χ1) is 5.50. The van der Waals surface area contributed by atoms with E-state index in [0.29, 0.717) is 0 Å². The van der Waals surface area contributed by atoms with E-state index >= 15 is 0 Å². The molecule has 71 valence electrons. The molecule has 0 amide bonds. The second-order valence-corrected chi connectivity index (χ2v) is 0.761. The Morgan fingerprint density at radius 2 is 1.38 bits per heavy atom. The van der Waals surface area contributed by atoms with E-state index < -0.39 is 0 Å². The van der Waals surface area contributed by atoms with Gasteiger partial charge >= 0.3 is 33.9 Å². The molecular weight excluding hydrogens is 350 g/mol. The Hall–Kier alpha value is -0.948. The maximum Gasteiger partial charge on any atom is 0.0919 e. The van der Waals surface area contributed by atoms with Crippen LogP contribution in [0.3, 0.4) is 0 Å². The van der Waals surface area contributed by atoms with Crippen molar-refractivity contribution in [2.45, 2.75) is 0 Å². The number of aromatic amines is 1. The molecule has 13 heavy (non-hydrogen) atoms. The van der Waals surface area contributed by atoms with Gasteiger partial charge in [0.25, 0.3) is 0 Å². The van der Waals surface area contributed by atoms with Crippen LogP contribution >= 0.6 is 0 Å². The molecule has 1 aromatic rings. The van der Waals surface area contributed by atoms with Crippen LogP contribution in [0.5, 0.6) is 0 Å². The number of nitrogens with zero attached hydrogens (tertiary/aromatic N) is 1. The quantitative estimate of drug-likeness (QED) is 0.482. The van der Waals surface area contributed by atoms with Crippen LogP contribution in [0.15, 0.2) is 18.7 Å². The summed E-state index contributed by atoms with van der Waals surface area (Å²) in [6, 6.07) is 0. The van der Waals surface area contributed by atoms with Crippen LogP contribution in [0.2, 0.25) is 0 Å². The van der Waals surface area contributed by atoms with Gasteiger partial charge in [-0.15, -0.1) is 0 Å². The molecule has 4 N–H and O–H groups in total. The van der Waals surface area contributed by atoms with Crippen LogP contribution in [-0.4, -0.2) is 9.97 Å². The van der Waals surface area contributed by atoms with Crippen molar-refractivity contribution >= 4 is 0 Å². The molecule has 0 saturated carbocycles. The molecule has 0 aliphatic rings. The molecule has 0 aliphatic heterocycles. The van der Waals surface area contributed by atoms with Crippen LogP contribution in [0.25, 0.3) is 0 Å². The average Bonchev–Trinajstić information content (AvgIpc) is 2.71. The summed E-state index contributed by atoms with van der Waals surface area (Å²) >= 11 is 0. The summed E-state index contributed by atoms with van der Waals surface area (Å²) in [4.78, 5) is 6.42. The van der Waals surface area contributed by atoms with Gasteiger partial charge in [-0.1, -0.05) is 0 Å². The van der Waals surface area contributed by atoms with Crippen LogP contribution in [0, 0.1) is 20.0 Å². The first-order valence-corrected chi connectivity index (χ1v) is 2.04. The summed E-state index contributed by atoms with van der Waals surface area (Å²) in [5.74, 6) is 0. The zero-order valence-electron chi connectivity index (χ0n) is 6.36. The van der Waals surface area contributed by atoms with Crippen molar-refractivity contribution < 1.29 is 39.9 Å². The van der Waals surface area contributed by atoms with E-state index in [9.17, 15) is 0 Å². The first-order valence-electron chi connectivity index (χ1n) is 2.04. The van der Waals surface area contributed by atoms with E-state index in [1.165, 1.54) is 0 Å². The van der Waals surface area contributed by atoms with Crippen molar-refractivity contribution in [3.63, 3.8) is 0 Å². The first kappa shape index (κ1) is 29.6. The molecule has 0 aliphatic carbocycles. The minimum Gasteiger partial charge on any atom is -0.457 e. The summed E-state index contributed by atoms with van der Waals surface area (Å²) in [6.45, 7) is 13.5. The van der Waals surface area contributed by atoms with Gasteiger partial charge in [0.1, 0.15) is 0 Å². The van der Waals surface area contributed by atoms with Gasteiger partial charge in [0, 0.05) is 32.8 Å². The molecule has 0 atom stereocenters. The molecule has 1 aromatic heterocycles. The van der Waals surface area contributed by atoms with Crippen LogP contribution in [-0.2, 0) is 39.9 Å². The molecule has 0 aromatic carbocycles. The fraction of sp³-hybridized carbons (Fsp3) is 0. The third kappa shape index (κ3) is 55.2. The fourth-order valence-corrected chi connectivity index (χ4v) is 0.215. The van der Waals surface area contributed by atoms with E-state index in [-0.39, 0.29) is 25.9 Å². The number of hydrogen-bond donors (Lipinski definition) is 1. The second kappa shape index (κ2) is 68.0. The zero-order chi connectivity index (χ0) is 9.54. The van der Waals surface area contributed by atoms with E-state index in [4.69, 9.17) is 14.0 Å². The smallest absolute Gasteiger partial charge is 0.0919 e. The van der Waals surface area contributed by atoms with Gasteiger partial charge in [0.2, 0.25) is 0 Å². The minimum atomic E-state index is 0. The zero-order valence-corrected chi connectivity index (χ0v) is 9.08. The Morgan fingerprint density at radius 3 is 1.46 bits per heavy atom. The number of imidazole rings is 1. The molecular formula is C6H7N2O4Re+. The van der Waals surface area contributed by atoms with E-state index in [2.05, 4.69) is 29.9 Å². The van der Waals surface area contributed by atoms with Gasteiger partial charge in [-0.2, -0.15) is 0 Å². The van der Waals surface area contributed by atoms with Gasteiger partial charge in [-0.05, 0) is 0 Å². The predicted octanol–water partition coefficient (Wildman–Crippen LogP) is -0.627. The SMILES string of the molecule is [C-]#[O+].[C-]#[O+].[C-]#[O+].[OH3+].[Re].c1c[nH]cn1. The molecule has 0 bridgehead atoms. The average molecular weight is 357 g/mol. The number of rotatable bonds is 0. The normalized spacial score (nSPS) is 3.54. The summed E-state index contributed by atoms with van der Waals surface area (Å²) in [7, 11) is 0. The number of nitrogens with one attached hydrogen (secondary N) is 1. The summed E-state index contributed by atoms with van der Waals surface area (Å²) in [5.41, 5.74) is 0. The molecule has 0 unspecified atom stereocenters. The third-order valence-electron chi connectivity index (χ3n) is 0.406. The largest absolute Gasteiger partial charge is 0.457 e. The van der Waals surface area contributed by atoms with Crippen LogP contribution in [0.4, 0.5) is 0 Å². The second-order valence-electron chi connectivity index (χ2n) is 0.761. The molecule has 6 nitrogen and oxygen atoms in total. The van der Waals surface area contributed by atoms with E-state index in [1.807, 2.05) is 0 Å². The Bertz CT molecular complexity index is 151. The molecule has 0 spiro atoms. The van der Waals surface area contributed by atoms with Crippen molar-refractivity contribution in [3.8, 4) is 0 Å². The molecule has 1 rings (SSSR count). The molecule has 1 heterocycles. The molecule has 1 radical (unpaired) electrons. The molecule has 0 saturated heterocycles. The topological polar surface area (TPSA) is 121 Å².